The van der Waals surface area contributed by atoms with E-state index in [1.807, 2.05) is 17.0 Å². The first kappa shape index (κ1) is 13.7. The molecule has 2 heterocycles. The monoisotopic (exact) mass is 295 g/mol. The van der Waals surface area contributed by atoms with Gasteiger partial charge in [0, 0.05) is 29.7 Å². The van der Waals surface area contributed by atoms with Crippen molar-refractivity contribution in [3.63, 3.8) is 0 Å². The van der Waals surface area contributed by atoms with E-state index >= 15 is 0 Å². The molecule has 108 valence electrons. The Morgan fingerprint density at radius 3 is 3.10 bits per heavy atom. The van der Waals surface area contributed by atoms with Crippen LogP contribution in [0.15, 0.2) is 18.2 Å². The van der Waals surface area contributed by atoms with Crippen molar-refractivity contribution in [2.75, 3.05) is 19.7 Å². The van der Waals surface area contributed by atoms with Gasteiger partial charge in [-0.1, -0.05) is 11.6 Å². The summed E-state index contributed by atoms with van der Waals surface area (Å²) in [6.07, 6.45) is 0.693. The Labute approximate surface area is 123 Å². The van der Waals surface area contributed by atoms with Crippen molar-refractivity contribution in [2.45, 2.75) is 25.0 Å². The number of carbonyl (C=O) groups excluding carboxylic acids is 1. The van der Waals surface area contributed by atoms with Crippen LogP contribution < -0.4 is 15.8 Å². The number of amides is 1. The van der Waals surface area contributed by atoms with Crippen LogP contribution in [0.25, 0.3) is 0 Å². The Kier molecular flexibility index (Phi) is 3.83. The summed E-state index contributed by atoms with van der Waals surface area (Å²) in [5, 5.41) is 3.83. The fourth-order valence-corrected chi connectivity index (χ4v) is 2.92. The maximum Gasteiger partial charge on any atom is 0.240 e. The Hall–Kier alpha value is -1.30. The average molecular weight is 296 g/mol. The van der Waals surface area contributed by atoms with Gasteiger partial charge in [0.05, 0.1) is 12.6 Å². The Morgan fingerprint density at radius 1 is 1.50 bits per heavy atom. The minimum atomic E-state index is -0.175. The van der Waals surface area contributed by atoms with E-state index in [4.69, 9.17) is 22.1 Å². The largest absolute Gasteiger partial charge is 0.491 e. The van der Waals surface area contributed by atoms with Crippen LogP contribution in [0, 0.1) is 0 Å². The van der Waals surface area contributed by atoms with Crippen LogP contribution in [0.4, 0.5) is 0 Å². The molecule has 0 radical (unpaired) electrons. The molecule has 2 aliphatic rings. The number of nitrogens with two attached hydrogens (primary N) is 1. The summed E-state index contributed by atoms with van der Waals surface area (Å²) >= 11 is 6.02. The van der Waals surface area contributed by atoms with Crippen molar-refractivity contribution in [1.82, 2.24) is 10.2 Å². The number of fused-ring (bicyclic) bond motifs is 1. The number of nitrogens with one attached hydrogen (secondary N) is 1. The first-order valence-electron chi connectivity index (χ1n) is 6.82. The number of nitrogens with zero attached hydrogens (tertiary/aromatic N) is 1. The summed E-state index contributed by atoms with van der Waals surface area (Å²) in [6, 6.07) is 5.40. The van der Waals surface area contributed by atoms with E-state index in [0.717, 1.165) is 11.3 Å². The molecule has 3 N–H and O–H groups in total. The quantitative estimate of drug-likeness (QED) is 0.802. The Balaban J connectivity index is 1.76. The zero-order valence-electron chi connectivity index (χ0n) is 11.1. The molecular formula is C14H18ClN3O2. The second-order valence-corrected chi connectivity index (χ2v) is 5.75. The van der Waals surface area contributed by atoms with Crippen molar-refractivity contribution >= 4 is 17.5 Å². The number of rotatable bonds is 1. The second kappa shape index (κ2) is 5.60. The van der Waals surface area contributed by atoms with Crippen LogP contribution in [0.3, 0.4) is 0 Å². The predicted molar refractivity (Wildman–Crippen MR) is 76.7 cm³/mol. The molecule has 0 saturated carbocycles. The molecule has 0 aliphatic carbocycles. The lowest BCUT2D eigenvalue weighted by Crippen LogP contribution is -2.44. The fraction of sp³-hybridized carbons (Fsp3) is 0.500. The molecule has 20 heavy (non-hydrogen) atoms. The number of ether oxygens (including phenoxy) is 1. The third kappa shape index (κ3) is 2.75. The maximum atomic E-state index is 12.5. The summed E-state index contributed by atoms with van der Waals surface area (Å²) in [6.45, 7) is 2.31. The maximum absolute atomic E-state index is 12.5. The molecule has 5 nitrogen and oxygen atoms in total. The summed E-state index contributed by atoms with van der Waals surface area (Å²) < 4.78 is 5.67. The van der Waals surface area contributed by atoms with E-state index in [-0.39, 0.29) is 18.0 Å². The highest BCUT2D eigenvalue weighted by atomic mass is 35.5. The van der Waals surface area contributed by atoms with Crippen molar-refractivity contribution in [3.05, 3.63) is 28.8 Å². The van der Waals surface area contributed by atoms with Gasteiger partial charge >= 0.3 is 0 Å². The molecule has 0 spiro atoms. The van der Waals surface area contributed by atoms with Crippen LogP contribution in [0.2, 0.25) is 5.02 Å². The number of benzene rings is 1. The predicted octanol–water partition coefficient (Wildman–Crippen LogP) is 0.750. The van der Waals surface area contributed by atoms with Gasteiger partial charge in [-0.05, 0) is 24.6 Å². The second-order valence-electron chi connectivity index (χ2n) is 5.32. The lowest BCUT2D eigenvalue weighted by Gasteiger charge is -2.23. The van der Waals surface area contributed by atoms with Gasteiger partial charge < -0.3 is 20.7 Å². The van der Waals surface area contributed by atoms with Gasteiger partial charge in [-0.2, -0.15) is 0 Å². The van der Waals surface area contributed by atoms with Gasteiger partial charge in [0.25, 0.3) is 0 Å². The zero-order chi connectivity index (χ0) is 14.1. The number of halogens is 1. The fourth-order valence-electron chi connectivity index (χ4n) is 2.72. The summed E-state index contributed by atoms with van der Waals surface area (Å²) in [5.74, 6) is 0.898. The van der Waals surface area contributed by atoms with E-state index in [2.05, 4.69) is 5.32 Å². The minimum Gasteiger partial charge on any atom is -0.491 e. The zero-order valence-corrected chi connectivity index (χ0v) is 11.9. The van der Waals surface area contributed by atoms with Crippen molar-refractivity contribution in [2.24, 2.45) is 5.73 Å². The molecule has 2 aliphatic heterocycles. The van der Waals surface area contributed by atoms with Gasteiger partial charge in [0.1, 0.15) is 12.4 Å². The highest BCUT2D eigenvalue weighted by Gasteiger charge is 2.31. The molecule has 1 amide bonds. The molecule has 3 rings (SSSR count). The van der Waals surface area contributed by atoms with E-state index in [1.54, 1.807) is 6.07 Å². The first-order valence-corrected chi connectivity index (χ1v) is 7.20. The summed E-state index contributed by atoms with van der Waals surface area (Å²) in [5.41, 5.74) is 6.79. The molecule has 0 aromatic heterocycles. The van der Waals surface area contributed by atoms with Crippen LogP contribution >= 0.6 is 11.6 Å². The molecular weight excluding hydrogens is 278 g/mol. The van der Waals surface area contributed by atoms with Crippen molar-refractivity contribution < 1.29 is 9.53 Å². The van der Waals surface area contributed by atoms with Crippen LogP contribution in [0.5, 0.6) is 5.75 Å². The topological polar surface area (TPSA) is 67.6 Å². The summed E-state index contributed by atoms with van der Waals surface area (Å²) in [7, 11) is 0. The van der Waals surface area contributed by atoms with Crippen LogP contribution in [0.1, 0.15) is 12.0 Å². The van der Waals surface area contributed by atoms with Crippen molar-refractivity contribution in [1.29, 1.82) is 0 Å². The smallest absolute Gasteiger partial charge is 0.240 e. The first-order chi connectivity index (χ1) is 9.63. The Bertz CT molecular complexity index is 523. The lowest BCUT2D eigenvalue weighted by atomic mass is 10.1. The van der Waals surface area contributed by atoms with E-state index in [1.165, 1.54) is 0 Å². The van der Waals surface area contributed by atoms with Crippen molar-refractivity contribution in [3.8, 4) is 5.75 Å². The highest BCUT2D eigenvalue weighted by Crippen LogP contribution is 2.26. The average Bonchev–Trinajstić information content (AvgIpc) is 2.74. The summed E-state index contributed by atoms with van der Waals surface area (Å²) in [4.78, 5) is 14.3. The molecule has 2 atom stereocenters. The SMILES string of the molecule is N[C@H]1CN[C@H](C(=O)N2CCOc3ccc(Cl)cc3C2)C1. The standard InChI is InChI=1S/C14H18ClN3O2/c15-10-1-2-13-9(5-10)8-18(3-4-20-13)14(19)12-6-11(16)7-17-12/h1-2,5,11-12,17H,3-4,6-8,16H2/t11-,12+/m1/s1. The van der Waals surface area contributed by atoms with Gasteiger partial charge in [-0.25, -0.2) is 0 Å². The van der Waals surface area contributed by atoms with E-state index in [0.29, 0.717) is 37.7 Å². The third-order valence-electron chi connectivity index (χ3n) is 3.78. The van der Waals surface area contributed by atoms with Gasteiger partial charge in [0.2, 0.25) is 5.91 Å². The minimum absolute atomic E-state index is 0.0638. The molecule has 1 fully saturated rings. The molecule has 0 unspecified atom stereocenters. The number of hydrogen-bond donors (Lipinski definition) is 2. The van der Waals surface area contributed by atoms with Gasteiger partial charge in [0.15, 0.2) is 0 Å². The molecule has 1 saturated heterocycles. The molecule has 1 aromatic rings. The molecule has 0 bridgehead atoms. The lowest BCUT2D eigenvalue weighted by molar-refractivity contribution is -0.133. The number of hydrogen-bond acceptors (Lipinski definition) is 4. The van der Waals surface area contributed by atoms with E-state index in [9.17, 15) is 4.79 Å². The van der Waals surface area contributed by atoms with E-state index < -0.39 is 0 Å². The third-order valence-corrected chi connectivity index (χ3v) is 4.01. The molecule has 1 aromatic carbocycles. The van der Waals surface area contributed by atoms with Gasteiger partial charge in [-0.15, -0.1) is 0 Å². The van der Waals surface area contributed by atoms with Gasteiger partial charge in [-0.3, -0.25) is 4.79 Å². The number of carbonyl (C=O) groups is 1. The normalized spacial score (nSPS) is 25.8. The Morgan fingerprint density at radius 2 is 2.35 bits per heavy atom. The molecule has 6 heteroatoms. The highest BCUT2D eigenvalue weighted by molar-refractivity contribution is 6.30. The van der Waals surface area contributed by atoms with Crippen LogP contribution in [-0.2, 0) is 11.3 Å². The van der Waals surface area contributed by atoms with Crippen LogP contribution in [-0.4, -0.2) is 42.6 Å².